The van der Waals surface area contributed by atoms with E-state index in [9.17, 15) is 4.39 Å². The summed E-state index contributed by atoms with van der Waals surface area (Å²) in [5, 5.41) is 12.8. The number of hydrogen-bond donors (Lipinski definition) is 1. The number of rotatable bonds is 3. The maximum atomic E-state index is 13.8. The van der Waals surface area contributed by atoms with Gasteiger partial charge in [0.25, 0.3) is 0 Å². The zero-order chi connectivity index (χ0) is 14.0. The SMILES string of the molecule is Cc1nc(C(C)Nc2ccc(C#N)cc2F)c(C)s1. The normalized spacial score (nSPS) is 11.9. The molecule has 0 aliphatic carbocycles. The summed E-state index contributed by atoms with van der Waals surface area (Å²) in [5.74, 6) is -0.421. The van der Waals surface area contributed by atoms with Crippen molar-refractivity contribution in [2.24, 2.45) is 0 Å². The lowest BCUT2D eigenvalue weighted by molar-refractivity contribution is 0.626. The molecule has 0 saturated heterocycles. The minimum atomic E-state index is -0.421. The Labute approximate surface area is 115 Å². The molecule has 0 amide bonds. The quantitative estimate of drug-likeness (QED) is 0.922. The van der Waals surface area contributed by atoms with Crippen LogP contribution < -0.4 is 5.32 Å². The number of benzene rings is 1. The Bertz CT molecular complexity index is 643. The first-order valence-electron chi connectivity index (χ1n) is 5.91. The van der Waals surface area contributed by atoms with Crippen LogP contribution in [-0.2, 0) is 0 Å². The first-order chi connectivity index (χ1) is 9.01. The maximum Gasteiger partial charge on any atom is 0.147 e. The van der Waals surface area contributed by atoms with E-state index in [2.05, 4.69) is 10.3 Å². The molecule has 0 aliphatic rings. The Morgan fingerprint density at radius 3 is 2.68 bits per heavy atom. The van der Waals surface area contributed by atoms with Gasteiger partial charge in [0, 0.05) is 4.88 Å². The molecule has 0 radical (unpaired) electrons. The molecular formula is C14H14FN3S. The molecule has 1 aromatic carbocycles. The first kappa shape index (κ1) is 13.5. The van der Waals surface area contributed by atoms with Gasteiger partial charge in [-0.25, -0.2) is 9.37 Å². The number of nitrogens with zero attached hydrogens (tertiary/aromatic N) is 2. The highest BCUT2D eigenvalue weighted by atomic mass is 32.1. The molecule has 0 aliphatic heterocycles. The molecule has 1 N–H and O–H groups in total. The standard InChI is InChI=1S/C14H14FN3S/c1-8(14-9(2)19-10(3)18-14)17-13-5-4-11(7-16)6-12(13)15/h4-6,8,17H,1-3H3. The fourth-order valence-electron chi connectivity index (χ4n) is 1.95. The first-order valence-corrected chi connectivity index (χ1v) is 6.73. The Morgan fingerprint density at radius 1 is 1.42 bits per heavy atom. The third-order valence-corrected chi connectivity index (χ3v) is 3.72. The van der Waals surface area contributed by atoms with Gasteiger partial charge < -0.3 is 5.32 Å². The molecule has 19 heavy (non-hydrogen) atoms. The van der Waals surface area contributed by atoms with Crippen molar-refractivity contribution in [3.63, 3.8) is 0 Å². The molecule has 3 nitrogen and oxygen atoms in total. The zero-order valence-corrected chi connectivity index (χ0v) is 11.8. The average molecular weight is 275 g/mol. The Morgan fingerprint density at radius 2 is 2.16 bits per heavy atom. The number of nitriles is 1. The van der Waals surface area contributed by atoms with Gasteiger partial charge in [-0.2, -0.15) is 5.26 Å². The van der Waals surface area contributed by atoms with Crippen LogP contribution in [0, 0.1) is 31.0 Å². The average Bonchev–Trinajstić information content (AvgIpc) is 2.71. The van der Waals surface area contributed by atoms with Crippen LogP contribution in [0.2, 0.25) is 0 Å². The molecule has 0 saturated carbocycles. The van der Waals surface area contributed by atoms with Gasteiger partial charge in [-0.1, -0.05) is 0 Å². The second-order valence-corrected chi connectivity index (χ2v) is 5.75. The highest BCUT2D eigenvalue weighted by Gasteiger charge is 2.14. The maximum absolute atomic E-state index is 13.8. The van der Waals surface area contributed by atoms with Crippen molar-refractivity contribution in [1.29, 1.82) is 5.26 Å². The highest BCUT2D eigenvalue weighted by Crippen LogP contribution is 2.26. The minimum Gasteiger partial charge on any atom is -0.375 e. The van der Waals surface area contributed by atoms with Gasteiger partial charge in [-0.05, 0) is 39.0 Å². The zero-order valence-electron chi connectivity index (χ0n) is 11.0. The molecule has 1 atom stereocenters. The lowest BCUT2D eigenvalue weighted by Gasteiger charge is -2.15. The van der Waals surface area contributed by atoms with Crippen LogP contribution in [0.3, 0.4) is 0 Å². The number of anilines is 1. The number of aromatic nitrogens is 1. The van der Waals surface area contributed by atoms with Crippen LogP contribution in [0.5, 0.6) is 0 Å². The molecule has 0 bridgehead atoms. The van der Waals surface area contributed by atoms with Gasteiger partial charge in [0.2, 0.25) is 0 Å². The van der Waals surface area contributed by atoms with E-state index >= 15 is 0 Å². The summed E-state index contributed by atoms with van der Waals surface area (Å²) in [6.07, 6.45) is 0. The largest absolute Gasteiger partial charge is 0.375 e. The summed E-state index contributed by atoms with van der Waals surface area (Å²) in [5.41, 5.74) is 1.64. The lowest BCUT2D eigenvalue weighted by Crippen LogP contribution is -2.09. The third kappa shape index (κ3) is 2.91. The summed E-state index contributed by atoms with van der Waals surface area (Å²) in [4.78, 5) is 5.58. The molecule has 1 heterocycles. The van der Waals surface area contributed by atoms with Gasteiger partial charge in [0.05, 0.1) is 34.1 Å². The Hall–Kier alpha value is -1.93. The van der Waals surface area contributed by atoms with Crippen LogP contribution in [-0.4, -0.2) is 4.98 Å². The molecule has 1 aromatic heterocycles. The van der Waals surface area contributed by atoms with Crippen molar-refractivity contribution < 1.29 is 4.39 Å². The number of thiazole rings is 1. The fourth-order valence-corrected chi connectivity index (χ4v) is 2.86. The van der Waals surface area contributed by atoms with Crippen molar-refractivity contribution in [2.75, 3.05) is 5.32 Å². The predicted octanol–water partition coefficient (Wildman–Crippen LogP) is 3.94. The molecule has 2 rings (SSSR count). The van der Waals surface area contributed by atoms with Crippen LogP contribution in [0.25, 0.3) is 0 Å². The number of aryl methyl sites for hydroxylation is 2. The van der Waals surface area contributed by atoms with Gasteiger partial charge in [0.15, 0.2) is 0 Å². The second kappa shape index (κ2) is 5.37. The summed E-state index contributed by atoms with van der Waals surface area (Å²) in [7, 11) is 0. The van der Waals surface area contributed by atoms with Gasteiger partial charge in [0.1, 0.15) is 5.82 Å². The fraction of sp³-hybridized carbons (Fsp3) is 0.286. The van der Waals surface area contributed by atoms with Crippen molar-refractivity contribution in [3.8, 4) is 6.07 Å². The van der Waals surface area contributed by atoms with Crippen molar-refractivity contribution >= 4 is 17.0 Å². The van der Waals surface area contributed by atoms with Gasteiger partial charge >= 0.3 is 0 Å². The van der Waals surface area contributed by atoms with Crippen molar-refractivity contribution in [1.82, 2.24) is 4.98 Å². The van der Waals surface area contributed by atoms with Crippen molar-refractivity contribution in [3.05, 3.63) is 45.2 Å². The number of hydrogen-bond acceptors (Lipinski definition) is 4. The van der Waals surface area contributed by atoms with Crippen LogP contribution in [0.1, 0.15) is 34.1 Å². The summed E-state index contributed by atoms with van der Waals surface area (Å²) >= 11 is 1.63. The van der Waals surface area contributed by atoms with E-state index in [4.69, 9.17) is 5.26 Å². The summed E-state index contributed by atoms with van der Waals surface area (Å²) < 4.78 is 13.8. The molecule has 5 heteroatoms. The molecular weight excluding hydrogens is 261 g/mol. The van der Waals surface area contributed by atoms with Crippen LogP contribution >= 0.6 is 11.3 Å². The van der Waals surface area contributed by atoms with E-state index in [-0.39, 0.29) is 6.04 Å². The predicted molar refractivity (Wildman–Crippen MR) is 74.7 cm³/mol. The molecule has 98 valence electrons. The number of nitrogens with one attached hydrogen (secondary N) is 1. The smallest absolute Gasteiger partial charge is 0.147 e. The summed E-state index contributed by atoms with van der Waals surface area (Å²) in [6, 6.07) is 6.24. The van der Waals surface area contributed by atoms with Crippen LogP contribution in [0.4, 0.5) is 10.1 Å². The molecule has 1 unspecified atom stereocenters. The van der Waals surface area contributed by atoms with Gasteiger partial charge in [-0.3, -0.25) is 0 Å². The lowest BCUT2D eigenvalue weighted by atomic mass is 10.1. The third-order valence-electron chi connectivity index (χ3n) is 2.82. The summed E-state index contributed by atoms with van der Waals surface area (Å²) in [6.45, 7) is 5.91. The van der Waals surface area contributed by atoms with Crippen LogP contribution in [0.15, 0.2) is 18.2 Å². The second-order valence-electron chi connectivity index (χ2n) is 4.35. The molecule has 2 aromatic rings. The Kier molecular flexibility index (Phi) is 3.82. The van der Waals surface area contributed by atoms with E-state index in [0.717, 1.165) is 15.6 Å². The topological polar surface area (TPSA) is 48.7 Å². The van der Waals surface area contributed by atoms with E-state index in [0.29, 0.717) is 11.3 Å². The Balaban J connectivity index is 2.22. The van der Waals surface area contributed by atoms with E-state index < -0.39 is 5.82 Å². The minimum absolute atomic E-state index is 0.0765. The van der Waals surface area contributed by atoms with E-state index in [1.165, 1.54) is 6.07 Å². The van der Waals surface area contributed by atoms with Crippen molar-refractivity contribution in [2.45, 2.75) is 26.8 Å². The van der Waals surface area contributed by atoms with E-state index in [1.807, 2.05) is 26.8 Å². The highest BCUT2D eigenvalue weighted by molar-refractivity contribution is 7.11. The molecule has 0 fully saturated rings. The number of halogens is 1. The van der Waals surface area contributed by atoms with Gasteiger partial charge in [-0.15, -0.1) is 11.3 Å². The van der Waals surface area contributed by atoms with E-state index in [1.54, 1.807) is 23.5 Å². The monoisotopic (exact) mass is 275 g/mol. The molecule has 0 spiro atoms.